The van der Waals surface area contributed by atoms with E-state index in [-0.39, 0.29) is 18.1 Å². The standard InChI is InChI=1S/C20H26N6O/c1-14(2)26-16(4)19(15(3)24-26)23-20(27)22-18(12-25-11-10-21-13-25)17-8-6-5-7-9-17/h5-11,13-14,18H,12H2,1-4H3,(H2,22,23,27). The van der Waals surface area contributed by atoms with Gasteiger partial charge in [-0.1, -0.05) is 30.3 Å². The van der Waals surface area contributed by atoms with Gasteiger partial charge in [-0.2, -0.15) is 5.10 Å². The fraction of sp³-hybridized carbons (Fsp3) is 0.350. The van der Waals surface area contributed by atoms with Gasteiger partial charge in [0.15, 0.2) is 0 Å². The fourth-order valence-corrected chi connectivity index (χ4v) is 3.18. The lowest BCUT2D eigenvalue weighted by atomic mass is 10.1. The van der Waals surface area contributed by atoms with E-state index < -0.39 is 0 Å². The quantitative estimate of drug-likeness (QED) is 0.696. The van der Waals surface area contributed by atoms with Crippen LogP contribution in [0.3, 0.4) is 0 Å². The van der Waals surface area contributed by atoms with E-state index in [0.29, 0.717) is 6.54 Å². The molecule has 7 nitrogen and oxygen atoms in total. The molecule has 1 aromatic carbocycles. The van der Waals surface area contributed by atoms with Gasteiger partial charge >= 0.3 is 6.03 Å². The van der Waals surface area contributed by atoms with Gasteiger partial charge in [0.05, 0.1) is 29.4 Å². The number of urea groups is 1. The Hall–Kier alpha value is -3.09. The monoisotopic (exact) mass is 366 g/mol. The van der Waals surface area contributed by atoms with Gasteiger partial charge < -0.3 is 15.2 Å². The lowest BCUT2D eigenvalue weighted by molar-refractivity contribution is 0.247. The zero-order valence-electron chi connectivity index (χ0n) is 16.2. The van der Waals surface area contributed by atoms with Crippen molar-refractivity contribution in [3.8, 4) is 0 Å². The first-order chi connectivity index (χ1) is 13.0. The molecule has 0 saturated heterocycles. The van der Waals surface area contributed by atoms with Crippen molar-refractivity contribution in [3.05, 3.63) is 66.0 Å². The minimum Gasteiger partial charge on any atom is -0.335 e. The summed E-state index contributed by atoms with van der Waals surface area (Å²) in [4.78, 5) is 16.8. The third kappa shape index (κ3) is 4.36. The van der Waals surface area contributed by atoms with Gasteiger partial charge in [-0.25, -0.2) is 9.78 Å². The lowest BCUT2D eigenvalue weighted by Gasteiger charge is -2.20. The van der Waals surface area contributed by atoms with Crippen LogP contribution in [0, 0.1) is 13.8 Å². The number of benzene rings is 1. The Kier molecular flexibility index (Phi) is 5.59. The predicted molar refractivity (Wildman–Crippen MR) is 106 cm³/mol. The number of rotatable bonds is 6. The minimum absolute atomic E-state index is 0.179. The van der Waals surface area contributed by atoms with Crippen molar-refractivity contribution in [2.45, 2.75) is 46.3 Å². The highest BCUT2D eigenvalue weighted by atomic mass is 16.2. The summed E-state index contributed by atoms with van der Waals surface area (Å²) < 4.78 is 3.87. The lowest BCUT2D eigenvalue weighted by Crippen LogP contribution is -2.35. The topological polar surface area (TPSA) is 76.8 Å². The highest BCUT2D eigenvalue weighted by Gasteiger charge is 2.19. The highest BCUT2D eigenvalue weighted by molar-refractivity contribution is 5.90. The molecule has 0 fully saturated rings. The molecule has 1 unspecified atom stereocenters. The minimum atomic E-state index is -0.251. The molecule has 3 rings (SSSR count). The van der Waals surface area contributed by atoms with Gasteiger partial charge in [-0.3, -0.25) is 4.68 Å². The largest absolute Gasteiger partial charge is 0.335 e. The number of carbonyl (C=O) groups is 1. The molecule has 2 N–H and O–H groups in total. The van der Waals surface area contributed by atoms with Gasteiger partial charge in [0.2, 0.25) is 0 Å². The third-order valence-corrected chi connectivity index (χ3v) is 4.51. The van der Waals surface area contributed by atoms with E-state index in [0.717, 1.165) is 22.6 Å². The molecule has 1 atom stereocenters. The Morgan fingerprint density at radius 1 is 1.19 bits per heavy atom. The van der Waals surface area contributed by atoms with Crippen LogP contribution < -0.4 is 10.6 Å². The van der Waals surface area contributed by atoms with E-state index in [4.69, 9.17) is 0 Å². The van der Waals surface area contributed by atoms with Crippen molar-refractivity contribution in [2.75, 3.05) is 5.32 Å². The average Bonchev–Trinajstić information content (AvgIpc) is 3.25. The van der Waals surface area contributed by atoms with Gasteiger partial charge in [0.25, 0.3) is 0 Å². The second kappa shape index (κ2) is 8.07. The fourth-order valence-electron chi connectivity index (χ4n) is 3.18. The van der Waals surface area contributed by atoms with Crippen molar-refractivity contribution >= 4 is 11.7 Å². The van der Waals surface area contributed by atoms with Gasteiger partial charge in [0.1, 0.15) is 0 Å². The summed E-state index contributed by atoms with van der Waals surface area (Å²) in [6.45, 7) is 8.61. The summed E-state index contributed by atoms with van der Waals surface area (Å²) >= 11 is 0. The van der Waals surface area contributed by atoms with Crippen LogP contribution in [0.5, 0.6) is 0 Å². The molecular weight excluding hydrogens is 340 g/mol. The Morgan fingerprint density at radius 3 is 2.52 bits per heavy atom. The SMILES string of the molecule is Cc1nn(C(C)C)c(C)c1NC(=O)NC(Cn1ccnc1)c1ccccc1. The predicted octanol–water partition coefficient (Wildman–Crippen LogP) is 3.84. The molecule has 0 spiro atoms. The second-order valence-electron chi connectivity index (χ2n) is 6.91. The van der Waals surface area contributed by atoms with Gasteiger partial charge in [-0.05, 0) is 33.3 Å². The maximum atomic E-state index is 12.7. The number of nitrogens with zero attached hydrogens (tertiary/aromatic N) is 4. The molecule has 0 bridgehead atoms. The summed E-state index contributed by atoms with van der Waals surface area (Å²) in [6, 6.07) is 9.73. The number of aryl methyl sites for hydroxylation is 1. The van der Waals surface area contributed by atoms with Crippen LogP contribution in [0.4, 0.5) is 10.5 Å². The number of anilines is 1. The molecule has 2 aromatic heterocycles. The number of imidazole rings is 1. The number of nitrogens with one attached hydrogen (secondary N) is 2. The molecular formula is C20H26N6O. The molecule has 142 valence electrons. The molecule has 2 heterocycles. The first kappa shape index (κ1) is 18.7. The zero-order chi connectivity index (χ0) is 19.4. The Balaban J connectivity index is 1.77. The van der Waals surface area contributed by atoms with Crippen molar-refractivity contribution in [1.29, 1.82) is 0 Å². The highest BCUT2D eigenvalue weighted by Crippen LogP contribution is 2.23. The van der Waals surface area contributed by atoms with E-state index in [1.807, 2.05) is 59.6 Å². The number of hydrogen-bond donors (Lipinski definition) is 2. The Labute approximate surface area is 159 Å². The molecule has 27 heavy (non-hydrogen) atoms. The second-order valence-corrected chi connectivity index (χ2v) is 6.91. The third-order valence-electron chi connectivity index (χ3n) is 4.51. The molecule has 0 radical (unpaired) electrons. The van der Waals surface area contributed by atoms with E-state index in [9.17, 15) is 4.79 Å². The Morgan fingerprint density at radius 2 is 1.93 bits per heavy atom. The van der Waals surface area contributed by atoms with Crippen LogP contribution >= 0.6 is 0 Å². The molecule has 2 amide bonds. The van der Waals surface area contributed by atoms with E-state index in [2.05, 4.69) is 34.6 Å². The van der Waals surface area contributed by atoms with Crippen molar-refractivity contribution in [3.63, 3.8) is 0 Å². The Bertz CT molecular complexity index is 883. The molecule has 0 saturated carbocycles. The molecule has 0 aliphatic carbocycles. The molecule has 0 aliphatic heterocycles. The first-order valence-electron chi connectivity index (χ1n) is 9.09. The van der Waals surface area contributed by atoms with Crippen LogP contribution in [-0.4, -0.2) is 25.4 Å². The van der Waals surface area contributed by atoms with Crippen LogP contribution in [0.15, 0.2) is 49.1 Å². The van der Waals surface area contributed by atoms with Crippen molar-refractivity contribution < 1.29 is 4.79 Å². The number of amides is 2. The summed E-state index contributed by atoms with van der Waals surface area (Å²) in [6.07, 6.45) is 5.36. The van der Waals surface area contributed by atoms with Crippen molar-refractivity contribution in [2.24, 2.45) is 0 Å². The summed E-state index contributed by atoms with van der Waals surface area (Å²) in [5.41, 5.74) is 3.55. The number of carbonyl (C=O) groups excluding carboxylic acids is 1. The molecule has 7 heteroatoms. The molecule has 3 aromatic rings. The van der Waals surface area contributed by atoms with Crippen LogP contribution in [-0.2, 0) is 6.54 Å². The summed E-state index contributed by atoms with van der Waals surface area (Å²) in [5.74, 6) is 0. The van der Waals surface area contributed by atoms with E-state index in [1.165, 1.54) is 0 Å². The number of aromatic nitrogens is 4. The van der Waals surface area contributed by atoms with Gasteiger partial charge in [-0.15, -0.1) is 0 Å². The normalized spacial score (nSPS) is 12.2. The first-order valence-corrected chi connectivity index (χ1v) is 9.09. The summed E-state index contributed by atoms with van der Waals surface area (Å²) in [7, 11) is 0. The molecule has 0 aliphatic rings. The van der Waals surface area contributed by atoms with E-state index >= 15 is 0 Å². The van der Waals surface area contributed by atoms with Crippen LogP contribution in [0.1, 0.15) is 42.9 Å². The van der Waals surface area contributed by atoms with Crippen LogP contribution in [0.2, 0.25) is 0 Å². The summed E-state index contributed by atoms with van der Waals surface area (Å²) in [5, 5.41) is 10.6. The average molecular weight is 366 g/mol. The van der Waals surface area contributed by atoms with Crippen molar-refractivity contribution in [1.82, 2.24) is 24.6 Å². The van der Waals surface area contributed by atoms with Crippen LogP contribution in [0.25, 0.3) is 0 Å². The maximum Gasteiger partial charge on any atom is 0.319 e. The van der Waals surface area contributed by atoms with Gasteiger partial charge in [0, 0.05) is 25.0 Å². The zero-order valence-corrected chi connectivity index (χ0v) is 16.2. The number of hydrogen-bond acceptors (Lipinski definition) is 3. The maximum absolute atomic E-state index is 12.7. The smallest absolute Gasteiger partial charge is 0.319 e. The van der Waals surface area contributed by atoms with E-state index in [1.54, 1.807) is 12.5 Å².